The van der Waals surface area contributed by atoms with Crippen LogP contribution in [0.1, 0.15) is 30.5 Å². The van der Waals surface area contributed by atoms with Gasteiger partial charge in [-0.1, -0.05) is 43.0 Å². The standard InChI is InChI=1S/C22H23FN2/c1-6-19(21(14-24)25-5)18-9-7-8-16(12-18)17-11-10-15(2)20(13-17)22(3,4)23/h6-13,25H,1H2,2-5H3/b21-19+. The maximum atomic E-state index is 14.5. The average Bonchev–Trinajstić information content (AvgIpc) is 2.59. The summed E-state index contributed by atoms with van der Waals surface area (Å²) in [5, 5.41) is 12.2. The van der Waals surface area contributed by atoms with Gasteiger partial charge in [-0.2, -0.15) is 5.26 Å². The summed E-state index contributed by atoms with van der Waals surface area (Å²) in [7, 11) is 1.71. The lowest BCUT2D eigenvalue weighted by atomic mass is 9.90. The summed E-state index contributed by atoms with van der Waals surface area (Å²) in [6.45, 7) is 8.87. The van der Waals surface area contributed by atoms with Crippen molar-refractivity contribution in [2.75, 3.05) is 7.05 Å². The molecule has 3 heteroatoms. The Bertz CT molecular complexity index is 864. The molecule has 0 amide bonds. The van der Waals surface area contributed by atoms with Gasteiger partial charge in [0.15, 0.2) is 0 Å². The van der Waals surface area contributed by atoms with E-state index in [0.29, 0.717) is 11.3 Å². The molecule has 0 radical (unpaired) electrons. The fourth-order valence-corrected chi connectivity index (χ4v) is 2.92. The third-order valence-electron chi connectivity index (χ3n) is 4.22. The van der Waals surface area contributed by atoms with E-state index in [1.165, 1.54) is 0 Å². The zero-order valence-electron chi connectivity index (χ0n) is 15.2. The quantitative estimate of drug-likeness (QED) is 0.578. The molecule has 0 aliphatic rings. The van der Waals surface area contributed by atoms with Crippen LogP contribution in [-0.2, 0) is 5.67 Å². The third kappa shape index (κ3) is 3.97. The van der Waals surface area contributed by atoms with Crippen molar-refractivity contribution >= 4 is 5.57 Å². The summed E-state index contributed by atoms with van der Waals surface area (Å²) in [5.41, 5.74) is 4.22. The molecule has 0 unspecified atom stereocenters. The van der Waals surface area contributed by atoms with Crippen LogP contribution in [0.4, 0.5) is 4.39 Å². The molecule has 0 saturated carbocycles. The Kier molecular flexibility index (Phi) is 5.44. The molecule has 0 fully saturated rings. The van der Waals surface area contributed by atoms with E-state index in [-0.39, 0.29) is 0 Å². The second kappa shape index (κ2) is 7.36. The predicted molar refractivity (Wildman–Crippen MR) is 103 cm³/mol. The van der Waals surface area contributed by atoms with Gasteiger partial charge in [-0.05, 0) is 60.7 Å². The van der Waals surface area contributed by atoms with Gasteiger partial charge < -0.3 is 5.32 Å². The van der Waals surface area contributed by atoms with E-state index >= 15 is 0 Å². The van der Waals surface area contributed by atoms with Crippen molar-refractivity contribution in [1.82, 2.24) is 5.32 Å². The molecule has 2 rings (SSSR count). The van der Waals surface area contributed by atoms with Crippen LogP contribution < -0.4 is 5.32 Å². The SMILES string of the molecule is C=C/C(=C(/C#N)NC)c1cccc(-c2ccc(C)c(C(C)(C)F)c2)c1. The maximum absolute atomic E-state index is 14.5. The van der Waals surface area contributed by atoms with Gasteiger partial charge in [0.2, 0.25) is 0 Å². The Hall–Kier alpha value is -2.86. The van der Waals surface area contributed by atoms with Crippen molar-refractivity contribution in [2.45, 2.75) is 26.4 Å². The van der Waals surface area contributed by atoms with Gasteiger partial charge in [0.1, 0.15) is 17.4 Å². The Morgan fingerprint density at radius 2 is 1.88 bits per heavy atom. The topological polar surface area (TPSA) is 35.8 Å². The average molecular weight is 334 g/mol. The second-order valence-corrected chi connectivity index (χ2v) is 6.44. The van der Waals surface area contributed by atoms with Gasteiger partial charge in [0, 0.05) is 12.6 Å². The largest absolute Gasteiger partial charge is 0.379 e. The summed E-state index contributed by atoms with van der Waals surface area (Å²) in [4.78, 5) is 0. The van der Waals surface area contributed by atoms with E-state index in [9.17, 15) is 9.65 Å². The summed E-state index contributed by atoms with van der Waals surface area (Å²) < 4.78 is 14.5. The summed E-state index contributed by atoms with van der Waals surface area (Å²) in [6.07, 6.45) is 1.67. The van der Waals surface area contributed by atoms with E-state index in [2.05, 4.69) is 18.0 Å². The molecule has 2 aromatic rings. The first-order valence-electron chi connectivity index (χ1n) is 8.17. The third-order valence-corrected chi connectivity index (χ3v) is 4.22. The molecule has 25 heavy (non-hydrogen) atoms. The number of nitrogens with one attached hydrogen (secondary N) is 1. The molecule has 0 atom stereocenters. The van der Waals surface area contributed by atoms with Crippen LogP contribution in [0.25, 0.3) is 16.7 Å². The number of nitriles is 1. The Morgan fingerprint density at radius 3 is 2.44 bits per heavy atom. The van der Waals surface area contributed by atoms with Crippen molar-refractivity contribution < 1.29 is 4.39 Å². The van der Waals surface area contributed by atoms with Crippen molar-refractivity contribution in [2.24, 2.45) is 0 Å². The fraction of sp³-hybridized carbons (Fsp3) is 0.227. The minimum Gasteiger partial charge on any atom is -0.379 e. The molecule has 2 aromatic carbocycles. The number of aryl methyl sites for hydroxylation is 1. The van der Waals surface area contributed by atoms with Crippen LogP contribution in [0.2, 0.25) is 0 Å². The van der Waals surface area contributed by atoms with Crippen LogP contribution in [0, 0.1) is 18.3 Å². The number of hydrogen-bond donors (Lipinski definition) is 1. The zero-order chi connectivity index (χ0) is 18.6. The minimum absolute atomic E-state index is 0.460. The van der Waals surface area contributed by atoms with E-state index in [0.717, 1.165) is 27.8 Å². The molecule has 0 aliphatic heterocycles. The van der Waals surface area contributed by atoms with Crippen LogP contribution in [0.15, 0.2) is 60.8 Å². The summed E-state index contributed by atoms with van der Waals surface area (Å²) >= 11 is 0. The minimum atomic E-state index is -1.40. The number of rotatable bonds is 5. The van der Waals surface area contributed by atoms with Gasteiger partial charge >= 0.3 is 0 Å². The number of halogens is 1. The van der Waals surface area contributed by atoms with Crippen molar-refractivity contribution in [3.05, 3.63) is 77.5 Å². The Labute approximate surface area is 149 Å². The van der Waals surface area contributed by atoms with Gasteiger partial charge in [-0.25, -0.2) is 4.39 Å². The van der Waals surface area contributed by atoms with Gasteiger partial charge in [0.25, 0.3) is 0 Å². The number of nitrogens with zero attached hydrogens (tertiary/aromatic N) is 1. The second-order valence-electron chi connectivity index (χ2n) is 6.44. The number of alkyl halides is 1. The van der Waals surface area contributed by atoms with Crippen LogP contribution in [0.5, 0.6) is 0 Å². The summed E-state index contributed by atoms with van der Waals surface area (Å²) in [5.74, 6) is 0. The molecule has 0 heterocycles. The Balaban J connectivity index is 2.59. The Morgan fingerprint density at radius 1 is 1.20 bits per heavy atom. The van der Waals surface area contributed by atoms with Crippen LogP contribution in [-0.4, -0.2) is 7.05 Å². The van der Waals surface area contributed by atoms with E-state index in [1.807, 2.05) is 49.4 Å². The van der Waals surface area contributed by atoms with Crippen LogP contribution >= 0.6 is 0 Å². The normalized spacial score (nSPS) is 12.2. The molecule has 1 N–H and O–H groups in total. The monoisotopic (exact) mass is 334 g/mol. The van der Waals surface area contributed by atoms with Crippen LogP contribution in [0.3, 0.4) is 0 Å². The van der Waals surface area contributed by atoms with E-state index in [4.69, 9.17) is 0 Å². The van der Waals surface area contributed by atoms with Crippen molar-refractivity contribution in [1.29, 1.82) is 5.26 Å². The lowest BCUT2D eigenvalue weighted by molar-refractivity contribution is 0.220. The highest BCUT2D eigenvalue weighted by Crippen LogP contribution is 2.32. The molecule has 0 spiro atoms. The molecule has 0 aromatic heterocycles. The van der Waals surface area contributed by atoms with Crippen molar-refractivity contribution in [3.8, 4) is 17.2 Å². The molecule has 128 valence electrons. The molecule has 0 saturated heterocycles. The fourth-order valence-electron chi connectivity index (χ4n) is 2.92. The lowest BCUT2D eigenvalue weighted by Gasteiger charge is -2.19. The molecule has 0 aliphatic carbocycles. The number of hydrogen-bond acceptors (Lipinski definition) is 2. The molecule has 0 bridgehead atoms. The highest BCUT2D eigenvalue weighted by molar-refractivity contribution is 5.81. The van der Waals surface area contributed by atoms with Gasteiger partial charge in [-0.3, -0.25) is 0 Å². The van der Waals surface area contributed by atoms with Gasteiger partial charge in [0.05, 0.1) is 0 Å². The van der Waals surface area contributed by atoms with E-state index < -0.39 is 5.67 Å². The molecule has 2 nitrogen and oxygen atoms in total. The lowest BCUT2D eigenvalue weighted by Crippen LogP contribution is -2.11. The predicted octanol–water partition coefficient (Wildman–Crippen LogP) is 5.51. The zero-order valence-corrected chi connectivity index (χ0v) is 15.2. The first kappa shape index (κ1) is 18.5. The number of benzene rings is 2. The van der Waals surface area contributed by atoms with Gasteiger partial charge in [-0.15, -0.1) is 0 Å². The first-order chi connectivity index (χ1) is 11.8. The smallest absolute Gasteiger partial charge is 0.130 e. The van der Waals surface area contributed by atoms with Crippen molar-refractivity contribution in [3.63, 3.8) is 0 Å². The molecular weight excluding hydrogens is 311 g/mol. The highest BCUT2D eigenvalue weighted by Gasteiger charge is 2.21. The number of allylic oxidation sites excluding steroid dienone is 3. The van der Waals surface area contributed by atoms with E-state index in [1.54, 1.807) is 27.0 Å². The molecular formula is C22H23FN2. The maximum Gasteiger partial charge on any atom is 0.130 e. The summed E-state index contributed by atoms with van der Waals surface area (Å²) in [6, 6.07) is 15.8. The first-order valence-corrected chi connectivity index (χ1v) is 8.17. The highest BCUT2D eigenvalue weighted by atomic mass is 19.1.